The van der Waals surface area contributed by atoms with Gasteiger partial charge in [-0.25, -0.2) is 9.59 Å². The molecule has 8 heteroatoms. The summed E-state index contributed by atoms with van der Waals surface area (Å²) >= 11 is 2.62. The molecule has 0 aliphatic heterocycles. The van der Waals surface area contributed by atoms with Crippen molar-refractivity contribution in [1.82, 2.24) is 0 Å². The van der Waals surface area contributed by atoms with E-state index in [4.69, 9.17) is 9.47 Å². The number of esters is 2. The number of thioether (sulfide) groups is 1. The van der Waals surface area contributed by atoms with E-state index in [0.29, 0.717) is 21.2 Å². The molecule has 0 saturated heterocycles. The maximum Gasteiger partial charge on any atom is 0.348 e. The summed E-state index contributed by atoms with van der Waals surface area (Å²) in [5.74, 6) is -0.720. The molecular formula is C21H25NO5S2. The number of carbonyl (C=O) groups is 3. The lowest BCUT2D eigenvalue weighted by molar-refractivity contribution is -0.115. The molecule has 2 aromatic rings. The number of hydrogen-bond acceptors (Lipinski definition) is 7. The minimum Gasteiger partial charge on any atom is -0.462 e. The fourth-order valence-corrected chi connectivity index (χ4v) is 4.48. The van der Waals surface area contributed by atoms with E-state index in [1.54, 1.807) is 32.5 Å². The molecule has 6 nitrogen and oxygen atoms in total. The Morgan fingerprint density at radius 1 is 1.00 bits per heavy atom. The quantitative estimate of drug-likeness (QED) is 0.448. The molecule has 0 aliphatic carbocycles. The first-order chi connectivity index (χ1) is 13.9. The van der Waals surface area contributed by atoms with E-state index >= 15 is 0 Å². The van der Waals surface area contributed by atoms with Crippen LogP contribution < -0.4 is 5.32 Å². The molecule has 29 heavy (non-hydrogen) atoms. The minimum atomic E-state index is -0.568. The van der Waals surface area contributed by atoms with Crippen LogP contribution in [-0.2, 0) is 14.3 Å². The van der Waals surface area contributed by atoms with E-state index < -0.39 is 11.9 Å². The number of benzene rings is 1. The summed E-state index contributed by atoms with van der Waals surface area (Å²) in [6.45, 7) is 7.51. The van der Waals surface area contributed by atoms with Crippen LogP contribution >= 0.6 is 23.1 Å². The first-order valence-corrected chi connectivity index (χ1v) is 11.1. The van der Waals surface area contributed by atoms with Gasteiger partial charge in [-0.05, 0) is 45.4 Å². The molecular weight excluding hydrogens is 410 g/mol. The maximum atomic E-state index is 12.4. The van der Waals surface area contributed by atoms with Gasteiger partial charge < -0.3 is 14.8 Å². The standard InChI is InChI=1S/C21H25NO5S2/c1-5-26-20(24)17-14(4)18(21(25)27-6-2)29-19(17)22-16(23)11-12-28-15-9-7-13(3)8-10-15/h7-10H,5-6,11-12H2,1-4H3,(H,22,23). The van der Waals surface area contributed by atoms with Gasteiger partial charge in [-0.2, -0.15) is 0 Å². The van der Waals surface area contributed by atoms with E-state index in [-0.39, 0.29) is 31.1 Å². The highest BCUT2D eigenvalue weighted by molar-refractivity contribution is 7.99. The van der Waals surface area contributed by atoms with Gasteiger partial charge in [0.05, 0.1) is 18.8 Å². The highest BCUT2D eigenvalue weighted by Crippen LogP contribution is 2.34. The fourth-order valence-electron chi connectivity index (χ4n) is 2.53. The summed E-state index contributed by atoms with van der Waals surface area (Å²) in [4.78, 5) is 38.3. The first-order valence-electron chi connectivity index (χ1n) is 9.34. The molecule has 0 saturated carbocycles. The van der Waals surface area contributed by atoms with Crippen LogP contribution in [0.3, 0.4) is 0 Å². The predicted octanol–water partition coefficient (Wildman–Crippen LogP) is 4.84. The van der Waals surface area contributed by atoms with Gasteiger partial charge in [0.1, 0.15) is 9.88 Å². The molecule has 1 amide bonds. The summed E-state index contributed by atoms with van der Waals surface area (Å²) < 4.78 is 10.1. The number of rotatable bonds is 9. The third kappa shape index (κ3) is 6.33. The highest BCUT2D eigenvalue weighted by atomic mass is 32.2. The lowest BCUT2D eigenvalue weighted by atomic mass is 10.1. The van der Waals surface area contributed by atoms with Gasteiger partial charge >= 0.3 is 11.9 Å². The third-order valence-corrected chi connectivity index (χ3v) is 6.16. The number of hydrogen-bond donors (Lipinski definition) is 1. The Morgan fingerprint density at radius 2 is 1.62 bits per heavy atom. The van der Waals surface area contributed by atoms with Crippen molar-refractivity contribution in [3.05, 3.63) is 45.8 Å². The van der Waals surface area contributed by atoms with Crippen molar-refractivity contribution < 1.29 is 23.9 Å². The van der Waals surface area contributed by atoms with Crippen molar-refractivity contribution in [3.8, 4) is 0 Å². The topological polar surface area (TPSA) is 81.7 Å². The van der Waals surface area contributed by atoms with E-state index in [1.165, 1.54) is 5.56 Å². The summed E-state index contributed by atoms with van der Waals surface area (Å²) in [5, 5.41) is 3.08. The van der Waals surface area contributed by atoms with Gasteiger partial charge in [0.25, 0.3) is 0 Å². The summed E-state index contributed by atoms with van der Waals surface area (Å²) in [5.41, 5.74) is 1.85. The molecule has 1 N–H and O–H groups in total. The largest absolute Gasteiger partial charge is 0.462 e. The second kappa shape index (κ2) is 11.0. The third-order valence-electron chi connectivity index (χ3n) is 3.96. The van der Waals surface area contributed by atoms with E-state index in [2.05, 4.69) is 5.32 Å². The van der Waals surface area contributed by atoms with Gasteiger partial charge in [-0.15, -0.1) is 23.1 Å². The molecule has 2 rings (SSSR count). The average molecular weight is 436 g/mol. The molecule has 1 aromatic heterocycles. The molecule has 0 spiro atoms. The highest BCUT2D eigenvalue weighted by Gasteiger charge is 2.27. The number of anilines is 1. The first kappa shape index (κ1) is 23.0. The van der Waals surface area contributed by atoms with Gasteiger partial charge in [0.2, 0.25) is 5.91 Å². The molecule has 0 aliphatic rings. The zero-order valence-corrected chi connectivity index (χ0v) is 18.6. The monoisotopic (exact) mass is 435 g/mol. The molecule has 1 aromatic carbocycles. The Kier molecular flexibility index (Phi) is 8.72. The van der Waals surface area contributed by atoms with Crippen LogP contribution in [0.1, 0.15) is 51.4 Å². The lowest BCUT2D eigenvalue weighted by Gasteiger charge is -2.07. The number of aryl methyl sites for hydroxylation is 1. The second-order valence-electron chi connectivity index (χ2n) is 6.16. The van der Waals surface area contributed by atoms with Crippen LogP contribution in [0, 0.1) is 13.8 Å². The number of amides is 1. The summed E-state index contributed by atoms with van der Waals surface area (Å²) in [6.07, 6.45) is 0.270. The van der Waals surface area contributed by atoms with Crippen LogP contribution in [0.25, 0.3) is 0 Å². The van der Waals surface area contributed by atoms with E-state index in [9.17, 15) is 14.4 Å². The molecule has 0 radical (unpaired) electrons. The Hall–Kier alpha value is -2.32. The molecule has 156 valence electrons. The van der Waals surface area contributed by atoms with Crippen LogP contribution in [0.4, 0.5) is 5.00 Å². The zero-order chi connectivity index (χ0) is 21.4. The van der Waals surface area contributed by atoms with Gasteiger partial charge in [-0.1, -0.05) is 17.7 Å². The number of carbonyl (C=O) groups excluding carboxylic acids is 3. The van der Waals surface area contributed by atoms with Crippen LogP contribution in [0.15, 0.2) is 29.2 Å². The van der Waals surface area contributed by atoms with Gasteiger partial charge in [0, 0.05) is 17.1 Å². The average Bonchev–Trinajstić information content (AvgIpc) is 2.99. The lowest BCUT2D eigenvalue weighted by Crippen LogP contribution is -2.15. The van der Waals surface area contributed by atoms with E-state index in [0.717, 1.165) is 16.2 Å². The minimum absolute atomic E-state index is 0.198. The van der Waals surface area contributed by atoms with Crippen molar-refractivity contribution in [3.63, 3.8) is 0 Å². The van der Waals surface area contributed by atoms with Crippen molar-refractivity contribution >= 4 is 45.9 Å². The molecule has 0 fully saturated rings. The van der Waals surface area contributed by atoms with Crippen LogP contribution in [-0.4, -0.2) is 36.8 Å². The number of thiophene rings is 1. The molecule has 0 atom stereocenters. The fraction of sp³-hybridized carbons (Fsp3) is 0.381. The zero-order valence-electron chi connectivity index (χ0n) is 17.0. The predicted molar refractivity (Wildman–Crippen MR) is 116 cm³/mol. The summed E-state index contributed by atoms with van der Waals surface area (Å²) in [6, 6.07) is 8.09. The Morgan fingerprint density at radius 3 is 2.24 bits per heavy atom. The van der Waals surface area contributed by atoms with Crippen molar-refractivity contribution in [2.24, 2.45) is 0 Å². The molecule has 0 unspecified atom stereocenters. The van der Waals surface area contributed by atoms with Gasteiger partial charge in [0.15, 0.2) is 0 Å². The molecule has 1 heterocycles. The molecule has 0 bridgehead atoms. The van der Waals surface area contributed by atoms with Crippen LogP contribution in [0.5, 0.6) is 0 Å². The van der Waals surface area contributed by atoms with Gasteiger partial charge in [-0.3, -0.25) is 4.79 Å². The van der Waals surface area contributed by atoms with Crippen LogP contribution in [0.2, 0.25) is 0 Å². The Balaban J connectivity index is 2.09. The van der Waals surface area contributed by atoms with Crippen molar-refractivity contribution in [2.45, 2.75) is 39.0 Å². The second-order valence-corrected chi connectivity index (χ2v) is 8.35. The number of ether oxygens (including phenoxy) is 2. The smallest absolute Gasteiger partial charge is 0.348 e. The van der Waals surface area contributed by atoms with Crippen molar-refractivity contribution in [1.29, 1.82) is 0 Å². The van der Waals surface area contributed by atoms with E-state index in [1.807, 2.05) is 31.2 Å². The Bertz CT molecular complexity index is 874. The number of nitrogens with one attached hydrogen (secondary N) is 1. The Labute approximate surface area is 179 Å². The summed E-state index contributed by atoms with van der Waals surface area (Å²) in [7, 11) is 0. The normalized spacial score (nSPS) is 10.5. The maximum absolute atomic E-state index is 12.4. The van der Waals surface area contributed by atoms with Crippen molar-refractivity contribution in [2.75, 3.05) is 24.3 Å². The SMILES string of the molecule is CCOC(=O)c1sc(NC(=O)CCSc2ccc(C)cc2)c(C(=O)OCC)c1C.